The van der Waals surface area contributed by atoms with Crippen LogP contribution in [0.3, 0.4) is 0 Å². The molecule has 0 aliphatic heterocycles. The lowest BCUT2D eigenvalue weighted by atomic mass is 9.80. The molecule has 0 amide bonds. The van der Waals surface area contributed by atoms with Crippen molar-refractivity contribution in [2.24, 2.45) is 0 Å². The van der Waals surface area contributed by atoms with Gasteiger partial charge < -0.3 is 9.84 Å². The van der Waals surface area contributed by atoms with Crippen LogP contribution in [0, 0.1) is 0 Å². The third-order valence-electron chi connectivity index (χ3n) is 3.79. The van der Waals surface area contributed by atoms with Gasteiger partial charge >= 0.3 is 0 Å². The fraction of sp³-hybridized carbons (Fsp3) is 0.538. The second-order valence-electron chi connectivity index (χ2n) is 4.98. The maximum atomic E-state index is 12.2. The van der Waals surface area contributed by atoms with Crippen molar-refractivity contribution in [3.63, 3.8) is 0 Å². The summed E-state index contributed by atoms with van der Waals surface area (Å²) in [5.41, 5.74) is 0.125. The van der Waals surface area contributed by atoms with Gasteiger partial charge in [0.15, 0.2) is 0 Å². The van der Waals surface area contributed by atoms with Crippen molar-refractivity contribution in [3.8, 4) is 0 Å². The third kappa shape index (κ3) is 3.15. The maximum absolute atomic E-state index is 12.2. The van der Waals surface area contributed by atoms with Crippen molar-refractivity contribution < 1.29 is 18.3 Å². The van der Waals surface area contributed by atoms with Gasteiger partial charge in [-0.05, 0) is 37.0 Å². The number of hydrogen-bond acceptors (Lipinski definition) is 4. The van der Waals surface area contributed by atoms with Crippen LogP contribution in [-0.2, 0) is 21.4 Å². The minimum absolute atomic E-state index is 0.0882. The van der Waals surface area contributed by atoms with Crippen LogP contribution in [0.15, 0.2) is 23.1 Å². The Kier molecular flexibility index (Phi) is 4.71. The molecule has 2 N–H and O–H groups in total. The van der Waals surface area contributed by atoms with Gasteiger partial charge in [0.1, 0.15) is 0 Å². The largest absolute Gasteiger partial charge is 0.392 e. The van der Waals surface area contributed by atoms with Crippen molar-refractivity contribution in [2.45, 2.75) is 36.4 Å². The summed E-state index contributed by atoms with van der Waals surface area (Å²) in [5, 5.41) is 9.26. The van der Waals surface area contributed by atoms with Crippen molar-refractivity contribution in [1.82, 2.24) is 4.72 Å². The molecule has 7 heteroatoms. The molecule has 5 nitrogen and oxygen atoms in total. The summed E-state index contributed by atoms with van der Waals surface area (Å²) >= 11 is 5.91. The summed E-state index contributed by atoms with van der Waals surface area (Å²) < 4.78 is 32.3. The number of sulfonamides is 1. The van der Waals surface area contributed by atoms with E-state index in [-0.39, 0.29) is 28.7 Å². The summed E-state index contributed by atoms with van der Waals surface area (Å²) in [6.45, 7) is 0.0323. The molecule has 1 fully saturated rings. The molecule has 0 unspecified atom stereocenters. The summed E-state index contributed by atoms with van der Waals surface area (Å²) in [6.07, 6.45) is 2.76. The van der Waals surface area contributed by atoms with Crippen LogP contribution in [0.1, 0.15) is 24.8 Å². The number of benzene rings is 1. The van der Waals surface area contributed by atoms with Crippen LogP contribution < -0.4 is 4.72 Å². The number of methoxy groups -OCH3 is 1. The van der Waals surface area contributed by atoms with E-state index < -0.39 is 10.0 Å². The number of hydrogen-bond donors (Lipinski definition) is 2. The normalized spacial score (nSPS) is 17.8. The van der Waals surface area contributed by atoms with Crippen LogP contribution in [0.2, 0.25) is 5.02 Å². The molecule has 1 aliphatic rings. The quantitative estimate of drug-likeness (QED) is 0.836. The number of ether oxygens (including phenoxy) is 1. The fourth-order valence-electron chi connectivity index (χ4n) is 2.16. The van der Waals surface area contributed by atoms with Crippen LogP contribution in [0.4, 0.5) is 0 Å². The summed E-state index contributed by atoms with van der Waals surface area (Å²) in [6, 6.07) is 4.28. The maximum Gasteiger partial charge on any atom is 0.240 e. The molecule has 0 saturated heterocycles. The number of aliphatic hydroxyl groups excluding tert-OH is 1. The van der Waals surface area contributed by atoms with E-state index in [9.17, 15) is 8.42 Å². The van der Waals surface area contributed by atoms with E-state index in [4.69, 9.17) is 21.4 Å². The minimum Gasteiger partial charge on any atom is -0.392 e. The Hall–Kier alpha value is -0.660. The predicted molar refractivity (Wildman–Crippen MR) is 76.2 cm³/mol. The van der Waals surface area contributed by atoms with E-state index >= 15 is 0 Å². The second-order valence-corrected chi connectivity index (χ2v) is 7.15. The lowest BCUT2D eigenvalue weighted by Gasteiger charge is -2.40. The number of halogens is 1. The number of nitrogens with one attached hydrogen (secondary N) is 1. The highest BCUT2D eigenvalue weighted by molar-refractivity contribution is 7.89. The Morgan fingerprint density at radius 1 is 1.45 bits per heavy atom. The standard InChI is InChI=1S/C13H18ClNO4S/c1-19-13(5-2-6-13)9-15-20(17,18)11-4-3-10(8-16)12(14)7-11/h3-4,7,15-16H,2,5-6,8-9H2,1H3. The Balaban J connectivity index is 2.12. The first kappa shape index (κ1) is 15.7. The molecule has 0 aromatic heterocycles. The summed E-state index contributed by atoms with van der Waals surface area (Å²) in [7, 11) is -2.03. The van der Waals surface area contributed by atoms with Crippen molar-refractivity contribution in [3.05, 3.63) is 28.8 Å². The molecule has 2 rings (SSSR count). The highest BCUT2D eigenvalue weighted by Gasteiger charge is 2.38. The first-order chi connectivity index (χ1) is 9.42. The van der Waals surface area contributed by atoms with E-state index in [2.05, 4.69) is 4.72 Å². The third-order valence-corrected chi connectivity index (χ3v) is 5.54. The zero-order chi connectivity index (χ0) is 14.8. The lowest BCUT2D eigenvalue weighted by molar-refractivity contribution is -0.0659. The average molecular weight is 320 g/mol. The smallest absolute Gasteiger partial charge is 0.240 e. The van der Waals surface area contributed by atoms with Crippen molar-refractivity contribution in [2.75, 3.05) is 13.7 Å². The van der Waals surface area contributed by atoms with E-state index in [0.29, 0.717) is 5.56 Å². The SMILES string of the molecule is COC1(CNS(=O)(=O)c2ccc(CO)c(Cl)c2)CCC1. The summed E-state index contributed by atoms with van der Waals surface area (Å²) in [5.74, 6) is 0. The molecule has 112 valence electrons. The molecule has 0 spiro atoms. The highest BCUT2D eigenvalue weighted by atomic mass is 35.5. The monoisotopic (exact) mass is 319 g/mol. The van der Waals surface area contributed by atoms with E-state index in [1.54, 1.807) is 7.11 Å². The van der Waals surface area contributed by atoms with Gasteiger partial charge in [-0.2, -0.15) is 0 Å². The Bertz CT molecular complexity index is 579. The zero-order valence-corrected chi connectivity index (χ0v) is 12.8. The first-order valence-electron chi connectivity index (χ1n) is 6.36. The predicted octanol–water partition coefficient (Wildman–Crippen LogP) is 1.68. The van der Waals surface area contributed by atoms with Gasteiger partial charge in [-0.15, -0.1) is 0 Å². The zero-order valence-electron chi connectivity index (χ0n) is 11.2. The Morgan fingerprint density at radius 2 is 2.15 bits per heavy atom. The lowest BCUT2D eigenvalue weighted by Crippen LogP contribution is -2.49. The highest BCUT2D eigenvalue weighted by Crippen LogP contribution is 2.34. The molecule has 0 atom stereocenters. The average Bonchev–Trinajstić information content (AvgIpc) is 2.38. The van der Waals surface area contributed by atoms with Gasteiger partial charge in [-0.25, -0.2) is 13.1 Å². The van der Waals surface area contributed by atoms with Crippen LogP contribution in [-0.4, -0.2) is 32.8 Å². The molecule has 1 saturated carbocycles. The molecule has 0 heterocycles. The van der Waals surface area contributed by atoms with Gasteiger partial charge in [-0.1, -0.05) is 17.7 Å². The second kappa shape index (κ2) is 5.99. The van der Waals surface area contributed by atoms with Crippen molar-refractivity contribution >= 4 is 21.6 Å². The molecule has 1 aromatic carbocycles. The van der Waals surface area contributed by atoms with E-state index in [1.807, 2.05) is 0 Å². The number of aliphatic hydroxyl groups is 1. The first-order valence-corrected chi connectivity index (χ1v) is 8.23. The van der Waals surface area contributed by atoms with Gasteiger partial charge in [0, 0.05) is 18.7 Å². The number of rotatable bonds is 6. The molecular formula is C13H18ClNO4S. The molecule has 0 radical (unpaired) electrons. The molecule has 0 bridgehead atoms. The van der Waals surface area contributed by atoms with Crippen molar-refractivity contribution in [1.29, 1.82) is 0 Å². The van der Waals surface area contributed by atoms with Gasteiger partial charge in [0.2, 0.25) is 10.0 Å². The van der Waals surface area contributed by atoms with Crippen LogP contribution >= 0.6 is 11.6 Å². The van der Waals surface area contributed by atoms with Gasteiger partial charge in [-0.3, -0.25) is 0 Å². The fourth-order valence-corrected chi connectivity index (χ4v) is 3.60. The molecule has 20 heavy (non-hydrogen) atoms. The molecule has 1 aliphatic carbocycles. The van der Waals surface area contributed by atoms with Crippen LogP contribution in [0.25, 0.3) is 0 Å². The van der Waals surface area contributed by atoms with E-state index in [0.717, 1.165) is 19.3 Å². The minimum atomic E-state index is -3.62. The molecular weight excluding hydrogens is 302 g/mol. The molecule has 1 aromatic rings. The summed E-state index contributed by atoms with van der Waals surface area (Å²) in [4.78, 5) is 0.0882. The topological polar surface area (TPSA) is 75.6 Å². The Morgan fingerprint density at radius 3 is 2.60 bits per heavy atom. The Labute approximate surface area is 124 Å². The van der Waals surface area contributed by atoms with Gasteiger partial charge in [0.25, 0.3) is 0 Å². The van der Waals surface area contributed by atoms with Crippen LogP contribution in [0.5, 0.6) is 0 Å². The van der Waals surface area contributed by atoms with E-state index in [1.165, 1.54) is 18.2 Å². The van der Waals surface area contributed by atoms with Gasteiger partial charge in [0.05, 0.1) is 17.1 Å².